The van der Waals surface area contributed by atoms with Crippen molar-refractivity contribution in [3.63, 3.8) is 0 Å². The van der Waals surface area contributed by atoms with Gasteiger partial charge in [-0.25, -0.2) is 8.78 Å². The molecule has 106 valence electrons. The van der Waals surface area contributed by atoms with Crippen LogP contribution in [0.5, 0.6) is 0 Å². The van der Waals surface area contributed by atoms with Gasteiger partial charge in [-0.3, -0.25) is 4.79 Å². The number of nitrogens with one attached hydrogen (secondary N) is 2. The van der Waals surface area contributed by atoms with Crippen LogP contribution in [0.3, 0.4) is 0 Å². The highest BCUT2D eigenvalue weighted by atomic mass is 35.5. The Bertz CT molecular complexity index is 677. The maximum atomic E-state index is 13.7. The van der Waals surface area contributed by atoms with Crippen molar-refractivity contribution in [3.8, 4) is 0 Å². The number of rotatable bonds is 3. The van der Waals surface area contributed by atoms with E-state index < -0.39 is 11.6 Å². The van der Waals surface area contributed by atoms with Crippen LogP contribution in [0.2, 0.25) is 5.02 Å². The SMILES string of the molecule is O=C(C[C@H]1CCNC1)c1cc2cc(Cl)c(F)c(F)c2[nH]1. The van der Waals surface area contributed by atoms with E-state index in [-0.39, 0.29) is 16.3 Å². The number of carbonyl (C=O) groups excluding carboxylic acids is 1. The molecule has 0 saturated carbocycles. The number of hydrogen-bond donors (Lipinski definition) is 2. The zero-order valence-electron chi connectivity index (χ0n) is 10.6. The van der Waals surface area contributed by atoms with Crippen molar-refractivity contribution in [2.45, 2.75) is 12.8 Å². The topological polar surface area (TPSA) is 44.9 Å². The van der Waals surface area contributed by atoms with Crippen molar-refractivity contribution in [3.05, 3.63) is 34.5 Å². The summed E-state index contributed by atoms with van der Waals surface area (Å²) in [5.74, 6) is -1.93. The molecule has 0 unspecified atom stereocenters. The molecular formula is C14H13ClF2N2O. The molecular weight excluding hydrogens is 286 g/mol. The number of hydrogen-bond acceptors (Lipinski definition) is 2. The van der Waals surface area contributed by atoms with Gasteiger partial charge in [0.2, 0.25) is 0 Å². The molecule has 0 spiro atoms. The fraction of sp³-hybridized carbons (Fsp3) is 0.357. The van der Waals surface area contributed by atoms with E-state index in [1.165, 1.54) is 12.1 Å². The maximum Gasteiger partial charge on any atom is 0.184 e. The minimum atomic E-state index is -1.10. The highest BCUT2D eigenvalue weighted by Gasteiger charge is 2.21. The van der Waals surface area contributed by atoms with Gasteiger partial charge in [0, 0.05) is 11.8 Å². The molecule has 2 heterocycles. The molecule has 2 aromatic rings. The minimum Gasteiger partial charge on any atom is -0.350 e. The smallest absolute Gasteiger partial charge is 0.184 e. The zero-order valence-corrected chi connectivity index (χ0v) is 11.4. The fourth-order valence-corrected chi connectivity index (χ4v) is 2.79. The van der Waals surface area contributed by atoms with Gasteiger partial charge in [0.25, 0.3) is 0 Å². The first-order chi connectivity index (χ1) is 9.56. The van der Waals surface area contributed by atoms with Crippen molar-refractivity contribution >= 4 is 28.3 Å². The number of ketones is 1. The number of aromatic nitrogens is 1. The van der Waals surface area contributed by atoms with E-state index in [2.05, 4.69) is 10.3 Å². The standard InChI is InChI=1S/C14H13ClF2N2O/c15-9-4-8-5-10(19-14(8)13(17)12(9)16)11(20)3-7-1-2-18-6-7/h4-5,7,18-19H,1-3,6H2/t7-/m1/s1. The van der Waals surface area contributed by atoms with E-state index in [0.29, 0.717) is 23.4 Å². The van der Waals surface area contributed by atoms with Crippen LogP contribution >= 0.6 is 11.6 Å². The second-order valence-electron chi connectivity index (χ2n) is 5.12. The summed E-state index contributed by atoms with van der Waals surface area (Å²) in [6.07, 6.45) is 1.36. The summed E-state index contributed by atoms with van der Waals surface area (Å²) < 4.78 is 27.1. The average molecular weight is 299 g/mol. The van der Waals surface area contributed by atoms with Gasteiger partial charge in [-0.1, -0.05) is 11.6 Å². The molecule has 1 aliphatic heterocycles. The van der Waals surface area contributed by atoms with Gasteiger partial charge in [0.15, 0.2) is 17.4 Å². The number of carbonyl (C=O) groups is 1. The molecule has 20 heavy (non-hydrogen) atoms. The van der Waals surface area contributed by atoms with Crippen LogP contribution in [0, 0.1) is 17.6 Å². The number of aromatic amines is 1. The molecule has 1 aliphatic rings. The lowest BCUT2D eigenvalue weighted by atomic mass is 10.0. The quantitative estimate of drug-likeness (QED) is 0.675. The van der Waals surface area contributed by atoms with Gasteiger partial charge >= 0.3 is 0 Å². The van der Waals surface area contributed by atoms with Crippen molar-refractivity contribution in [2.75, 3.05) is 13.1 Å². The molecule has 0 radical (unpaired) electrons. The Balaban J connectivity index is 1.92. The number of Topliss-reactive ketones (excluding diaryl/α,β-unsaturated/α-hetero) is 1. The van der Waals surface area contributed by atoms with E-state index in [9.17, 15) is 13.6 Å². The Morgan fingerprint density at radius 2 is 2.15 bits per heavy atom. The van der Waals surface area contributed by atoms with E-state index in [1.54, 1.807) is 0 Å². The summed E-state index contributed by atoms with van der Waals surface area (Å²) in [4.78, 5) is 14.8. The third-order valence-corrected chi connectivity index (χ3v) is 3.96. The van der Waals surface area contributed by atoms with Gasteiger partial charge in [-0.2, -0.15) is 0 Å². The van der Waals surface area contributed by atoms with E-state index in [0.717, 1.165) is 19.5 Å². The van der Waals surface area contributed by atoms with Crippen molar-refractivity contribution in [1.29, 1.82) is 0 Å². The van der Waals surface area contributed by atoms with Crippen LogP contribution in [-0.2, 0) is 0 Å². The van der Waals surface area contributed by atoms with Gasteiger partial charge in [-0.05, 0) is 37.6 Å². The molecule has 1 saturated heterocycles. The lowest BCUT2D eigenvalue weighted by Gasteiger charge is -2.05. The number of fused-ring (bicyclic) bond motifs is 1. The Kier molecular flexibility index (Phi) is 3.48. The van der Waals surface area contributed by atoms with Crippen LogP contribution in [0.25, 0.3) is 10.9 Å². The predicted octanol–water partition coefficient (Wildman–Crippen LogP) is 3.28. The molecule has 1 atom stereocenters. The van der Waals surface area contributed by atoms with E-state index in [4.69, 9.17) is 11.6 Å². The Hall–Kier alpha value is -1.46. The monoisotopic (exact) mass is 298 g/mol. The molecule has 0 aliphatic carbocycles. The number of halogens is 3. The summed E-state index contributed by atoms with van der Waals surface area (Å²) >= 11 is 5.60. The molecule has 3 rings (SSSR count). The summed E-state index contributed by atoms with van der Waals surface area (Å²) in [6, 6.07) is 2.84. The van der Waals surface area contributed by atoms with Crippen LogP contribution in [-0.4, -0.2) is 23.9 Å². The second kappa shape index (κ2) is 5.14. The van der Waals surface area contributed by atoms with Gasteiger partial charge in [0.05, 0.1) is 16.2 Å². The van der Waals surface area contributed by atoms with Gasteiger partial charge in [-0.15, -0.1) is 0 Å². The molecule has 1 fully saturated rings. The normalized spacial score (nSPS) is 18.9. The molecule has 1 aromatic heterocycles. The molecule has 2 N–H and O–H groups in total. The van der Waals surface area contributed by atoms with Crippen molar-refractivity contribution < 1.29 is 13.6 Å². The van der Waals surface area contributed by atoms with Gasteiger partial charge in [0.1, 0.15) is 0 Å². The third kappa shape index (κ3) is 2.31. The summed E-state index contributed by atoms with van der Waals surface area (Å²) in [7, 11) is 0. The van der Waals surface area contributed by atoms with Crippen LogP contribution in [0.4, 0.5) is 8.78 Å². The molecule has 1 aromatic carbocycles. The highest BCUT2D eigenvalue weighted by molar-refractivity contribution is 6.31. The van der Waals surface area contributed by atoms with Crippen molar-refractivity contribution in [1.82, 2.24) is 10.3 Å². The third-order valence-electron chi connectivity index (χ3n) is 3.69. The molecule has 3 nitrogen and oxygen atoms in total. The first kappa shape index (κ1) is 13.5. The van der Waals surface area contributed by atoms with Crippen LogP contribution < -0.4 is 5.32 Å². The van der Waals surface area contributed by atoms with E-state index in [1.807, 2.05) is 0 Å². The Morgan fingerprint density at radius 3 is 2.85 bits per heavy atom. The Labute approximate surface area is 119 Å². The van der Waals surface area contributed by atoms with Crippen LogP contribution in [0.15, 0.2) is 12.1 Å². The summed E-state index contributed by atoms with van der Waals surface area (Å²) in [6.45, 7) is 1.74. The second-order valence-corrected chi connectivity index (χ2v) is 5.53. The van der Waals surface area contributed by atoms with Crippen molar-refractivity contribution in [2.24, 2.45) is 5.92 Å². The molecule has 6 heteroatoms. The van der Waals surface area contributed by atoms with E-state index >= 15 is 0 Å². The Morgan fingerprint density at radius 1 is 1.35 bits per heavy atom. The minimum absolute atomic E-state index is 0.0141. The van der Waals surface area contributed by atoms with Crippen LogP contribution in [0.1, 0.15) is 23.3 Å². The average Bonchev–Trinajstić information content (AvgIpc) is 3.05. The lowest BCUT2D eigenvalue weighted by molar-refractivity contribution is 0.0960. The lowest BCUT2D eigenvalue weighted by Crippen LogP contribution is -2.13. The zero-order chi connectivity index (χ0) is 14.3. The van der Waals surface area contributed by atoms with Gasteiger partial charge < -0.3 is 10.3 Å². The number of H-pyrrole nitrogens is 1. The predicted molar refractivity (Wildman–Crippen MR) is 73.1 cm³/mol. The summed E-state index contributed by atoms with van der Waals surface area (Å²) in [5.41, 5.74) is 0.285. The fourth-order valence-electron chi connectivity index (χ4n) is 2.59. The number of benzene rings is 1. The molecule has 0 amide bonds. The first-order valence-electron chi connectivity index (χ1n) is 6.46. The highest BCUT2D eigenvalue weighted by Crippen LogP contribution is 2.28. The first-order valence-corrected chi connectivity index (χ1v) is 6.84. The maximum absolute atomic E-state index is 13.7. The largest absolute Gasteiger partial charge is 0.350 e. The summed E-state index contributed by atoms with van der Waals surface area (Å²) in [5, 5.41) is 3.31. The molecule has 0 bridgehead atoms.